The summed E-state index contributed by atoms with van der Waals surface area (Å²) >= 11 is 0. The second-order valence-electron chi connectivity index (χ2n) is 24.9. The number of ether oxygens (including phenoxy) is 10. The van der Waals surface area contributed by atoms with E-state index in [4.69, 9.17) is 51.6 Å². The van der Waals surface area contributed by atoms with Crippen molar-refractivity contribution in [2.24, 2.45) is 0 Å². The molecule has 0 saturated carbocycles. The van der Waals surface area contributed by atoms with Gasteiger partial charge in [-0.2, -0.15) is 18.2 Å². The average Bonchev–Trinajstić information content (AvgIpc) is 1.91. The van der Waals surface area contributed by atoms with Crippen molar-refractivity contribution in [2.45, 2.75) is 213 Å². The van der Waals surface area contributed by atoms with Crippen LogP contribution in [-0.4, -0.2) is 151 Å². The largest absolute Gasteiger partial charge is 0.443 e. The van der Waals surface area contributed by atoms with E-state index in [0.717, 1.165) is 15.4 Å². The number of fused-ring (bicyclic) bond motifs is 4. The summed E-state index contributed by atoms with van der Waals surface area (Å²) in [5.74, 6) is -1.91. The number of aromatic nitrogens is 6. The zero-order chi connectivity index (χ0) is 60.4. The van der Waals surface area contributed by atoms with Crippen molar-refractivity contribution in [3.8, 4) is 0 Å². The van der Waals surface area contributed by atoms with Crippen LogP contribution in [0.15, 0.2) is 66.3 Å². The Morgan fingerprint density at radius 2 is 0.916 bits per heavy atom. The molecule has 0 spiro atoms. The predicted molar refractivity (Wildman–Crippen MR) is 299 cm³/mol. The average molecular weight is 1180 g/mol. The maximum atomic E-state index is 13.3. The lowest BCUT2D eigenvalue weighted by Crippen LogP contribution is -2.44. The van der Waals surface area contributed by atoms with Crippen molar-refractivity contribution in [1.82, 2.24) is 29.1 Å². The van der Waals surface area contributed by atoms with Crippen molar-refractivity contribution in [2.75, 3.05) is 23.0 Å². The van der Waals surface area contributed by atoms with E-state index in [2.05, 4.69) is 19.9 Å². The summed E-state index contributed by atoms with van der Waals surface area (Å²) in [6, 6.07) is 9.61. The summed E-state index contributed by atoms with van der Waals surface area (Å²) in [6.45, 7) is 28.6. The third-order valence-electron chi connectivity index (χ3n) is 12.4. The van der Waals surface area contributed by atoms with Gasteiger partial charge in [0, 0.05) is 12.4 Å². The smallest absolute Gasteiger partial charge is 0.425 e. The van der Waals surface area contributed by atoms with Gasteiger partial charge in [-0.1, -0.05) is 25.1 Å². The van der Waals surface area contributed by atoms with Crippen LogP contribution in [0.3, 0.4) is 0 Å². The first-order valence-corrected chi connectivity index (χ1v) is 28.0. The number of carbonyl (C=O) groups excluding carboxylic acids is 4. The summed E-state index contributed by atoms with van der Waals surface area (Å²) < 4.78 is 93.4. The number of anilines is 2. The van der Waals surface area contributed by atoms with Gasteiger partial charge in [0.25, 0.3) is 10.1 Å². The van der Waals surface area contributed by atoms with E-state index in [1.807, 2.05) is 6.92 Å². The van der Waals surface area contributed by atoms with Gasteiger partial charge in [0.1, 0.15) is 83.0 Å². The second kappa shape index (κ2) is 23.2. The molecule has 4 fully saturated rings. The Balaban J connectivity index is 0.000000243. The maximum Gasteiger partial charge on any atom is 0.425 e. The maximum absolute atomic E-state index is 13.3. The molecule has 8 atom stereocenters. The normalized spacial score (nSPS) is 23.8. The third kappa shape index (κ3) is 14.6. The standard InChI is InChI=1S/C31H40N4O10S.C24H34N4O8.CH4/c1-18-10-12-19(13-11-18)46(38,39)40-16-21-22-23(43-31(8,9)42-22)26(41-21)34-15-14-20-24(34)32-17-33-25(20)35(27(36)44-29(2,3)4)28(37)45-30(5,6)7;1-22(2,3)35-20(30)28(21(31)36-23(4,5)6)18-13-9-10-27(17(13)25-12-26-18)19-16-15(14(11-29)32-19)33-24(7,8)34-16;/h10-15,17,21-23,26H,16H2,1-9H3;9-10,12,14-16,19,29H,11H2,1-8H3;1H4/t21-,22-,23-,26-;14-,15-,16?,19-;/m11./s1. The molecule has 0 radical (unpaired) electrons. The van der Waals surface area contributed by atoms with Crippen LogP contribution in [0.25, 0.3) is 22.1 Å². The molecule has 1 N–H and O–H groups in total. The molecule has 4 aromatic heterocycles. The first-order chi connectivity index (χ1) is 37.8. The number of aliphatic hydroxyl groups is 1. The zero-order valence-corrected chi connectivity index (χ0v) is 50.0. The SMILES string of the molecule is C.CC(C)(C)OC(=O)N(C(=O)OC(C)(C)C)c1ncnc2c1ccn2[C@@H]1O[C@H](CO)[C@H]2OC(C)(C)OC12.Cc1ccc(S(=O)(=O)OC[C@H]2O[C@@H](n3ccc4c(N(C(=O)OC(C)(C)C)C(=O)OC(C)(C)C)ncnc43)[C@@H]3OC(C)(C)O[C@@H]32)cc1. The van der Waals surface area contributed by atoms with Gasteiger partial charge < -0.3 is 61.6 Å². The number of nitrogens with zero attached hydrogens (tertiary/aromatic N) is 8. The lowest BCUT2D eigenvalue weighted by Gasteiger charge is -2.28. The molecule has 4 aliphatic rings. The molecule has 1 unspecified atom stereocenters. The van der Waals surface area contributed by atoms with Crippen LogP contribution in [0.5, 0.6) is 0 Å². The molecule has 8 heterocycles. The summed E-state index contributed by atoms with van der Waals surface area (Å²) in [7, 11) is -4.08. The Labute approximate surface area is 483 Å². The van der Waals surface area contributed by atoms with Crippen molar-refractivity contribution < 1.29 is 84.3 Å². The molecule has 5 aromatic rings. The highest BCUT2D eigenvalue weighted by Gasteiger charge is 2.58. The number of carbonyl (C=O) groups is 4. The Bertz CT molecular complexity index is 3240. The van der Waals surface area contributed by atoms with Crippen LogP contribution in [0.1, 0.15) is 136 Å². The van der Waals surface area contributed by atoms with Gasteiger partial charge in [-0.15, -0.1) is 0 Å². The lowest BCUT2D eigenvalue weighted by atomic mass is 10.1. The molecule has 0 aliphatic carbocycles. The van der Waals surface area contributed by atoms with Crippen LogP contribution in [0.4, 0.5) is 30.8 Å². The van der Waals surface area contributed by atoms with Crippen LogP contribution in [-0.2, 0) is 61.7 Å². The second-order valence-corrected chi connectivity index (χ2v) is 26.5. The van der Waals surface area contributed by atoms with Crippen molar-refractivity contribution in [3.63, 3.8) is 0 Å². The van der Waals surface area contributed by atoms with Crippen LogP contribution in [0, 0.1) is 6.92 Å². The Morgan fingerprint density at radius 3 is 1.28 bits per heavy atom. The number of aliphatic hydroxyl groups excluding tert-OH is 1. The fourth-order valence-electron chi connectivity index (χ4n) is 9.38. The molecule has 1 aromatic carbocycles. The molecular weight excluding hydrogens is 1100 g/mol. The summed E-state index contributed by atoms with van der Waals surface area (Å²) in [5.41, 5.74) is -1.98. The van der Waals surface area contributed by atoms with Gasteiger partial charge in [-0.05, 0) is 142 Å². The van der Waals surface area contributed by atoms with E-state index < -0.39 is 118 Å². The van der Waals surface area contributed by atoms with E-state index >= 15 is 0 Å². The predicted octanol–water partition coefficient (Wildman–Crippen LogP) is 9.39. The summed E-state index contributed by atoms with van der Waals surface area (Å²) in [4.78, 5) is 71.8. The molecule has 9 rings (SSSR count). The zero-order valence-electron chi connectivity index (χ0n) is 49.2. The molecule has 4 saturated heterocycles. The minimum Gasteiger partial charge on any atom is -0.443 e. The van der Waals surface area contributed by atoms with Gasteiger partial charge in [0.2, 0.25) is 0 Å². The number of imide groups is 2. The number of benzene rings is 1. The highest BCUT2D eigenvalue weighted by atomic mass is 32.2. The van der Waals surface area contributed by atoms with E-state index in [1.165, 1.54) is 24.8 Å². The highest BCUT2D eigenvalue weighted by Crippen LogP contribution is 2.46. The number of rotatable bonds is 9. The minimum atomic E-state index is -4.08. The Morgan fingerprint density at radius 1 is 0.566 bits per heavy atom. The number of hydrogen-bond acceptors (Lipinski definition) is 22. The summed E-state index contributed by atoms with van der Waals surface area (Å²) in [6.07, 6.45) is -3.37. The first kappa shape index (κ1) is 64.1. The molecule has 83 heavy (non-hydrogen) atoms. The van der Waals surface area contributed by atoms with Crippen molar-refractivity contribution in [1.29, 1.82) is 0 Å². The quantitative estimate of drug-likeness (QED) is 0.106. The van der Waals surface area contributed by atoms with Crippen molar-refractivity contribution in [3.05, 3.63) is 67.0 Å². The molecular formula is C56H78N8O18S. The van der Waals surface area contributed by atoms with Crippen LogP contribution < -0.4 is 9.80 Å². The lowest BCUT2D eigenvalue weighted by molar-refractivity contribution is -0.199. The molecule has 27 heteroatoms. The Kier molecular flexibility index (Phi) is 17.9. The van der Waals surface area contributed by atoms with Gasteiger partial charge >= 0.3 is 24.4 Å². The molecule has 456 valence electrons. The van der Waals surface area contributed by atoms with Gasteiger partial charge in [0.05, 0.1) is 28.9 Å². The van der Waals surface area contributed by atoms with E-state index in [0.29, 0.717) is 22.1 Å². The third-order valence-corrected chi connectivity index (χ3v) is 13.7. The minimum absolute atomic E-state index is 0. The van der Waals surface area contributed by atoms with Gasteiger partial charge in [0.15, 0.2) is 35.7 Å². The monoisotopic (exact) mass is 1180 g/mol. The number of hydrogen-bond donors (Lipinski definition) is 1. The molecule has 4 aliphatic heterocycles. The van der Waals surface area contributed by atoms with Crippen LogP contribution >= 0.6 is 0 Å². The molecule has 4 amide bonds. The molecule has 26 nitrogen and oxygen atoms in total. The molecule has 0 bridgehead atoms. The Hall–Kier alpha value is -6.43. The van der Waals surface area contributed by atoms with E-state index in [-0.39, 0.29) is 37.2 Å². The number of amides is 4. The van der Waals surface area contributed by atoms with Crippen molar-refractivity contribution >= 4 is 68.2 Å². The topological polar surface area (TPSA) is 292 Å². The van der Waals surface area contributed by atoms with E-state index in [9.17, 15) is 32.7 Å². The van der Waals surface area contributed by atoms with E-state index in [1.54, 1.807) is 157 Å². The summed E-state index contributed by atoms with van der Waals surface area (Å²) in [5, 5.41) is 10.5. The first-order valence-electron chi connectivity index (χ1n) is 26.6. The fourth-order valence-corrected chi connectivity index (χ4v) is 10.3. The van der Waals surface area contributed by atoms with Gasteiger partial charge in [-0.3, -0.25) is 4.18 Å². The number of aryl methyl sites for hydroxylation is 1. The van der Waals surface area contributed by atoms with Gasteiger partial charge in [-0.25, -0.2) is 39.1 Å². The fraction of sp³-hybridized carbons (Fsp3) is 0.607. The van der Waals surface area contributed by atoms with Crippen LogP contribution in [0.2, 0.25) is 0 Å². The highest BCUT2D eigenvalue weighted by molar-refractivity contribution is 7.86.